The highest BCUT2D eigenvalue weighted by Crippen LogP contribution is 2.24. The Balaban J connectivity index is 2.10. The quantitative estimate of drug-likeness (QED) is 0.878. The number of halogens is 3. The zero-order valence-electron chi connectivity index (χ0n) is 9.75. The van der Waals surface area contributed by atoms with Crippen LogP contribution >= 0.6 is 27.5 Å². The Morgan fingerprint density at radius 2 is 2.05 bits per heavy atom. The fourth-order valence-corrected chi connectivity index (χ4v) is 2.21. The molecule has 0 spiro atoms. The van der Waals surface area contributed by atoms with E-state index in [1.807, 2.05) is 0 Å². The highest BCUT2D eigenvalue weighted by molar-refractivity contribution is 9.10. The molecule has 2 rings (SSSR count). The van der Waals surface area contributed by atoms with Crippen LogP contribution in [0, 0.1) is 17.1 Å². The average molecular weight is 340 g/mol. The van der Waals surface area contributed by atoms with Crippen LogP contribution in [-0.2, 0) is 6.54 Å². The van der Waals surface area contributed by atoms with Crippen molar-refractivity contribution in [3.05, 3.63) is 62.8 Å². The molecule has 5 heteroatoms. The zero-order valence-corrected chi connectivity index (χ0v) is 12.1. The minimum atomic E-state index is -0.431. The second-order valence-electron chi connectivity index (χ2n) is 3.91. The maximum atomic E-state index is 13.3. The van der Waals surface area contributed by atoms with Crippen molar-refractivity contribution in [2.24, 2.45) is 0 Å². The van der Waals surface area contributed by atoms with Gasteiger partial charge in [-0.1, -0.05) is 17.7 Å². The van der Waals surface area contributed by atoms with E-state index in [4.69, 9.17) is 16.9 Å². The first-order valence-electron chi connectivity index (χ1n) is 5.47. The summed E-state index contributed by atoms with van der Waals surface area (Å²) in [6.45, 7) is 0.471. The van der Waals surface area contributed by atoms with Crippen LogP contribution in [0.3, 0.4) is 0 Å². The third kappa shape index (κ3) is 3.46. The van der Waals surface area contributed by atoms with Gasteiger partial charge in [0.1, 0.15) is 5.82 Å². The highest BCUT2D eigenvalue weighted by Gasteiger charge is 2.03. The van der Waals surface area contributed by atoms with Crippen molar-refractivity contribution in [1.82, 2.24) is 0 Å². The molecule has 2 nitrogen and oxygen atoms in total. The molecule has 0 aliphatic rings. The molecule has 0 radical (unpaired) electrons. The lowest BCUT2D eigenvalue weighted by Gasteiger charge is -2.09. The van der Waals surface area contributed by atoms with Crippen LogP contribution in [0.2, 0.25) is 5.02 Å². The number of anilines is 1. The standard InChI is InChI=1S/C14H9BrClFN2/c15-11-5-9(7-18)2-4-14(11)19-8-10-1-3-12(16)13(17)6-10/h1-6,19H,8H2. The van der Waals surface area contributed by atoms with E-state index in [9.17, 15) is 4.39 Å². The lowest BCUT2D eigenvalue weighted by atomic mass is 10.2. The van der Waals surface area contributed by atoms with Gasteiger partial charge in [0.05, 0.1) is 16.7 Å². The largest absolute Gasteiger partial charge is 0.380 e. The lowest BCUT2D eigenvalue weighted by Crippen LogP contribution is -2.00. The molecule has 0 unspecified atom stereocenters. The number of rotatable bonds is 3. The van der Waals surface area contributed by atoms with Gasteiger partial charge < -0.3 is 5.32 Å². The van der Waals surface area contributed by atoms with Gasteiger partial charge in [-0.15, -0.1) is 0 Å². The minimum Gasteiger partial charge on any atom is -0.380 e. The second kappa shape index (κ2) is 6.05. The van der Waals surface area contributed by atoms with Crippen LogP contribution in [0.5, 0.6) is 0 Å². The molecule has 0 amide bonds. The first-order valence-corrected chi connectivity index (χ1v) is 6.64. The first kappa shape index (κ1) is 13.9. The van der Waals surface area contributed by atoms with Crippen molar-refractivity contribution in [3.8, 4) is 6.07 Å². The summed E-state index contributed by atoms with van der Waals surface area (Å²) >= 11 is 9.00. The van der Waals surface area contributed by atoms with Gasteiger partial charge in [0.2, 0.25) is 0 Å². The molecule has 19 heavy (non-hydrogen) atoms. The normalized spacial score (nSPS) is 10.0. The van der Waals surface area contributed by atoms with Gasteiger partial charge in [-0.05, 0) is 51.8 Å². The summed E-state index contributed by atoms with van der Waals surface area (Å²) in [6, 6.07) is 12.0. The third-order valence-corrected chi connectivity index (χ3v) is 3.53. The molecule has 0 saturated heterocycles. The van der Waals surface area contributed by atoms with Gasteiger partial charge in [0.15, 0.2) is 0 Å². The van der Waals surface area contributed by atoms with E-state index in [1.54, 1.807) is 24.3 Å². The molecule has 0 saturated carbocycles. The first-order chi connectivity index (χ1) is 9.10. The second-order valence-corrected chi connectivity index (χ2v) is 5.17. The molecule has 0 aliphatic carbocycles. The fraction of sp³-hybridized carbons (Fsp3) is 0.0714. The molecule has 0 aliphatic heterocycles. The minimum absolute atomic E-state index is 0.114. The van der Waals surface area contributed by atoms with Crippen molar-refractivity contribution in [2.45, 2.75) is 6.54 Å². The Labute approximate surface area is 123 Å². The average Bonchev–Trinajstić information content (AvgIpc) is 2.41. The van der Waals surface area contributed by atoms with E-state index in [-0.39, 0.29) is 5.02 Å². The van der Waals surface area contributed by atoms with Gasteiger partial charge in [-0.2, -0.15) is 5.26 Å². The molecular weight excluding hydrogens is 331 g/mol. The molecule has 0 fully saturated rings. The molecule has 96 valence electrons. The highest BCUT2D eigenvalue weighted by atomic mass is 79.9. The Morgan fingerprint density at radius 1 is 1.26 bits per heavy atom. The monoisotopic (exact) mass is 338 g/mol. The summed E-state index contributed by atoms with van der Waals surface area (Å²) in [7, 11) is 0. The number of benzene rings is 2. The van der Waals surface area contributed by atoms with Gasteiger partial charge in [-0.25, -0.2) is 4.39 Å². The molecule has 0 bridgehead atoms. The van der Waals surface area contributed by atoms with Crippen LogP contribution < -0.4 is 5.32 Å². The summed E-state index contributed by atoms with van der Waals surface area (Å²) in [5.74, 6) is -0.431. The Hall–Kier alpha value is -1.57. The van der Waals surface area contributed by atoms with E-state index in [2.05, 4.69) is 27.3 Å². The Morgan fingerprint density at radius 3 is 2.68 bits per heavy atom. The van der Waals surface area contributed by atoms with Gasteiger partial charge in [-0.3, -0.25) is 0 Å². The summed E-state index contributed by atoms with van der Waals surface area (Å²) in [5, 5.41) is 12.0. The van der Waals surface area contributed by atoms with Gasteiger partial charge in [0.25, 0.3) is 0 Å². The summed E-state index contributed by atoms with van der Waals surface area (Å²) in [6.07, 6.45) is 0. The van der Waals surface area contributed by atoms with Crippen molar-refractivity contribution >= 4 is 33.2 Å². The van der Waals surface area contributed by atoms with Crippen LogP contribution in [0.1, 0.15) is 11.1 Å². The van der Waals surface area contributed by atoms with E-state index in [0.717, 1.165) is 15.7 Å². The van der Waals surface area contributed by atoms with Crippen molar-refractivity contribution in [1.29, 1.82) is 5.26 Å². The Kier molecular flexibility index (Phi) is 4.41. The maximum absolute atomic E-state index is 13.3. The number of nitriles is 1. The summed E-state index contributed by atoms with van der Waals surface area (Å²) in [4.78, 5) is 0. The molecule has 0 atom stereocenters. The van der Waals surface area contributed by atoms with Gasteiger partial charge >= 0.3 is 0 Å². The van der Waals surface area contributed by atoms with Crippen LogP contribution in [0.4, 0.5) is 10.1 Å². The molecule has 0 aromatic heterocycles. The predicted octanol–water partition coefficient (Wildman–Crippen LogP) is 4.73. The molecule has 2 aromatic rings. The van der Waals surface area contributed by atoms with Gasteiger partial charge in [0, 0.05) is 16.7 Å². The molecular formula is C14H9BrClFN2. The van der Waals surface area contributed by atoms with Crippen molar-refractivity contribution in [3.63, 3.8) is 0 Å². The smallest absolute Gasteiger partial charge is 0.142 e. The molecule has 2 aromatic carbocycles. The lowest BCUT2D eigenvalue weighted by molar-refractivity contribution is 0.626. The topological polar surface area (TPSA) is 35.8 Å². The third-order valence-electron chi connectivity index (χ3n) is 2.57. The SMILES string of the molecule is N#Cc1ccc(NCc2ccc(Cl)c(F)c2)c(Br)c1. The molecule has 0 heterocycles. The number of hydrogen-bond acceptors (Lipinski definition) is 2. The van der Waals surface area contributed by atoms with E-state index < -0.39 is 5.82 Å². The van der Waals surface area contributed by atoms with Crippen molar-refractivity contribution < 1.29 is 4.39 Å². The van der Waals surface area contributed by atoms with Crippen molar-refractivity contribution in [2.75, 3.05) is 5.32 Å². The summed E-state index contributed by atoms with van der Waals surface area (Å²) in [5.41, 5.74) is 2.21. The summed E-state index contributed by atoms with van der Waals surface area (Å²) < 4.78 is 14.1. The number of hydrogen-bond donors (Lipinski definition) is 1. The zero-order chi connectivity index (χ0) is 13.8. The van der Waals surface area contributed by atoms with Crippen LogP contribution in [0.15, 0.2) is 40.9 Å². The fourth-order valence-electron chi connectivity index (χ4n) is 1.57. The molecule has 1 N–H and O–H groups in total. The predicted molar refractivity (Wildman–Crippen MR) is 77.6 cm³/mol. The number of nitrogens with one attached hydrogen (secondary N) is 1. The maximum Gasteiger partial charge on any atom is 0.142 e. The number of nitrogens with zero attached hydrogens (tertiary/aromatic N) is 1. The van der Waals surface area contributed by atoms with Crippen LogP contribution in [0.25, 0.3) is 0 Å². The van der Waals surface area contributed by atoms with E-state index in [0.29, 0.717) is 12.1 Å². The van der Waals surface area contributed by atoms with E-state index in [1.165, 1.54) is 12.1 Å². The van der Waals surface area contributed by atoms with Crippen LogP contribution in [-0.4, -0.2) is 0 Å². The Bertz CT molecular complexity index is 652. The van der Waals surface area contributed by atoms with E-state index >= 15 is 0 Å².